The quantitative estimate of drug-likeness (QED) is 0.410. The molecule has 0 saturated heterocycles. The Balaban J connectivity index is 1.22. The number of nitrogens with one attached hydrogen (secondary N) is 1. The van der Waals surface area contributed by atoms with Crippen LogP contribution in [0.1, 0.15) is 39.6 Å². The van der Waals surface area contributed by atoms with Gasteiger partial charge in [0.05, 0.1) is 29.6 Å². The smallest absolute Gasteiger partial charge is 0.214 e. The number of hydrogen-bond donors (Lipinski definition) is 1. The lowest BCUT2D eigenvalue weighted by Crippen LogP contribution is -2.29. The number of imidazole rings is 1. The van der Waals surface area contributed by atoms with Gasteiger partial charge in [0.2, 0.25) is 5.88 Å². The van der Waals surface area contributed by atoms with Crippen molar-refractivity contribution in [2.75, 3.05) is 13.1 Å². The highest BCUT2D eigenvalue weighted by Crippen LogP contribution is 2.24. The summed E-state index contributed by atoms with van der Waals surface area (Å²) in [4.78, 5) is 25.6. The number of pyridine rings is 1. The third-order valence-corrected chi connectivity index (χ3v) is 6.17. The Labute approximate surface area is 201 Å². The molecule has 9 heteroatoms. The fourth-order valence-electron chi connectivity index (χ4n) is 4.19. The molecule has 0 atom stereocenters. The first-order valence-electron chi connectivity index (χ1n) is 11.2. The van der Waals surface area contributed by atoms with Crippen molar-refractivity contribution in [2.24, 2.45) is 7.05 Å². The van der Waals surface area contributed by atoms with E-state index in [0.29, 0.717) is 23.7 Å². The minimum absolute atomic E-state index is 0.0346. The summed E-state index contributed by atoms with van der Waals surface area (Å²) in [5, 5.41) is 8.87. The predicted octanol–water partition coefficient (Wildman–Crippen LogP) is 3.99. The van der Waals surface area contributed by atoms with Gasteiger partial charge in [0, 0.05) is 31.8 Å². The number of aryl methyl sites for hydroxylation is 1. The number of nitriles is 1. The molecule has 0 saturated carbocycles. The van der Waals surface area contributed by atoms with Crippen molar-refractivity contribution in [3.05, 3.63) is 82.7 Å². The second-order valence-electron chi connectivity index (χ2n) is 8.45. The Morgan fingerprint density at radius 3 is 2.86 bits per heavy atom. The summed E-state index contributed by atoms with van der Waals surface area (Å²) in [5.41, 5.74) is 4.79. The molecule has 0 radical (unpaired) electrons. The Kier molecular flexibility index (Phi) is 6.12. The molecule has 1 aliphatic heterocycles. The third kappa shape index (κ3) is 4.69. The highest BCUT2D eigenvalue weighted by atomic mass is 19.1. The first-order valence-corrected chi connectivity index (χ1v) is 11.2. The first kappa shape index (κ1) is 22.5. The molecule has 176 valence electrons. The molecule has 0 fully saturated rings. The number of carbonyl (C=O) groups is 1. The molecule has 0 spiro atoms. The molecule has 1 aliphatic rings. The number of ether oxygens (including phenoxy) is 1. The van der Waals surface area contributed by atoms with Gasteiger partial charge in [-0.15, -0.1) is 0 Å². The van der Waals surface area contributed by atoms with Crippen molar-refractivity contribution in [3.8, 4) is 11.9 Å². The first-order chi connectivity index (χ1) is 17.0. The van der Waals surface area contributed by atoms with Crippen molar-refractivity contribution in [1.29, 1.82) is 5.26 Å². The number of rotatable bonds is 7. The molecule has 4 aromatic rings. The number of nitrogens with zero attached hydrogens (tertiary/aromatic N) is 5. The van der Waals surface area contributed by atoms with Crippen molar-refractivity contribution >= 4 is 23.0 Å². The number of benzene rings is 1. The van der Waals surface area contributed by atoms with E-state index in [2.05, 4.69) is 25.9 Å². The predicted molar refractivity (Wildman–Crippen MR) is 128 cm³/mol. The van der Waals surface area contributed by atoms with E-state index in [1.165, 1.54) is 6.07 Å². The zero-order chi connectivity index (χ0) is 24.4. The standard InChI is InChI=1S/C26H23FN6O2/c1-32-24(30-23-12-20(15-34)29-26(23)32)14-33-9-7-18(8-10-33)22-3-2-4-25(31-22)35-16-19-6-5-17(13-28)11-21(19)27/h2-7,11-12,15,29H,8-10,14,16H2,1H3. The summed E-state index contributed by atoms with van der Waals surface area (Å²) in [6, 6.07) is 13.6. The van der Waals surface area contributed by atoms with Gasteiger partial charge < -0.3 is 14.3 Å². The average Bonchev–Trinajstić information content (AvgIpc) is 3.42. The number of aromatic amines is 1. The van der Waals surface area contributed by atoms with Crippen LogP contribution in [0.3, 0.4) is 0 Å². The lowest BCUT2D eigenvalue weighted by Gasteiger charge is -2.25. The lowest BCUT2D eigenvalue weighted by molar-refractivity contribution is 0.111. The largest absolute Gasteiger partial charge is 0.473 e. The van der Waals surface area contributed by atoms with Crippen LogP contribution in [-0.4, -0.2) is 43.8 Å². The van der Waals surface area contributed by atoms with Gasteiger partial charge in [-0.1, -0.05) is 18.2 Å². The monoisotopic (exact) mass is 470 g/mol. The van der Waals surface area contributed by atoms with Crippen LogP contribution < -0.4 is 4.74 Å². The van der Waals surface area contributed by atoms with Crippen LogP contribution in [-0.2, 0) is 20.2 Å². The molecule has 35 heavy (non-hydrogen) atoms. The number of aldehydes is 1. The maximum absolute atomic E-state index is 14.1. The molecule has 4 heterocycles. The summed E-state index contributed by atoms with van der Waals surface area (Å²) in [5.74, 6) is 0.890. The fraction of sp³-hybridized carbons (Fsp3) is 0.231. The number of carbonyl (C=O) groups excluding carboxylic acids is 1. The van der Waals surface area contributed by atoms with Crippen LogP contribution in [0, 0.1) is 17.1 Å². The van der Waals surface area contributed by atoms with Gasteiger partial charge in [0.15, 0.2) is 6.29 Å². The molecule has 1 aromatic carbocycles. The zero-order valence-corrected chi connectivity index (χ0v) is 19.2. The summed E-state index contributed by atoms with van der Waals surface area (Å²) in [6.07, 6.45) is 3.78. The van der Waals surface area contributed by atoms with Gasteiger partial charge in [-0.25, -0.2) is 14.4 Å². The van der Waals surface area contributed by atoms with Crippen molar-refractivity contribution < 1.29 is 13.9 Å². The van der Waals surface area contributed by atoms with Crippen molar-refractivity contribution in [3.63, 3.8) is 0 Å². The molecular weight excluding hydrogens is 447 g/mol. The highest BCUT2D eigenvalue weighted by Gasteiger charge is 2.18. The van der Waals surface area contributed by atoms with E-state index in [0.717, 1.165) is 54.1 Å². The zero-order valence-electron chi connectivity index (χ0n) is 19.2. The third-order valence-electron chi connectivity index (χ3n) is 6.17. The number of fused-ring (bicyclic) bond motifs is 1. The highest BCUT2D eigenvalue weighted by molar-refractivity contribution is 5.84. The van der Waals surface area contributed by atoms with Gasteiger partial charge in [-0.05, 0) is 36.3 Å². The van der Waals surface area contributed by atoms with Crippen molar-refractivity contribution in [1.82, 2.24) is 24.4 Å². The average molecular weight is 471 g/mol. The van der Waals surface area contributed by atoms with E-state index in [1.54, 1.807) is 24.3 Å². The van der Waals surface area contributed by atoms with Crippen LogP contribution in [0.2, 0.25) is 0 Å². The summed E-state index contributed by atoms with van der Waals surface area (Å²) >= 11 is 0. The van der Waals surface area contributed by atoms with E-state index in [1.807, 2.05) is 29.8 Å². The second-order valence-corrected chi connectivity index (χ2v) is 8.45. The second kappa shape index (κ2) is 9.52. The van der Waals surface area contributed by atoms with Gasteiger partial charge in [0.1, 0.15) is 29.4 Å². The molecule has 0 unspecified atom stereocenters. The minimum Gasteiger partial charge on any atom is -0.473 e. The SMILES string of the molecule is Cn1c(CN2CC=C(c3cccc(OCc4ccc(C#N)cc4F)n3)CC2)nc2cc(C=O)[nH]c21. The van der Waals surface area contributed by atoms with Gasteiger partial charge in [-0.2, -0.15) is 5.26 Å². The van der Waals surface area contributed by atoms with Gasteiger partial charge >= 0.3 is 0 Å². The van der Waals surface area contributed by atoms with E-state index in [9.17, 15) is 9.18 Å². The maximum atomic E-state index is 14.1. The van der Waals surface area contributed by atoms with Crippen LogP contribution in [0.5, 0.6) is 5.88 Å². The van der Waals surface area contributed by atoms with E-state index in [-0.39, 0.29) is 12.2 Å². The van der Waals surface area contributed by atoms with Crippen LogP contribution in [0.15, 0.2) is 48.5 Å². The summed E-state index contributed by atoms with van der Waals surface area (Å²) in [6.45, 7) is 2.35. The molecule has 0 aliphatic carbocycles. The Morgan fingerprint density at radius 2 is 2.14 bits per heavy atom. The fourth-order valence-corrected chi connectivity index (χ4v) is 4.19. The van der Waals surface area contributed by atoms with Crippen LogP contribution >= 0.6 is 0 Å². The van der Waals surface area contributed by atoms with Gasteiger partial charge in [0.25, 0.3) is 0 Å². The molecule has 8 nitrogen and oxygen atoms in total. The van der Waals surface area contributed by atoms with Crippen LogP contribution in [0.25, 0.3) is 16.7 Å². The molecule has 3 aromatic heterocycles. The topological polar surface area (TPSA) is 99.8 Å². The van der Waals surface area contributed by atoms with Crippen molar-refractivity contribution in [2.45, 2.75) is 19.6 Å². The Hall–Kier alpha value is -4.29. The molecule has 0 amide bonds. The maximum Gasteiger partial charge on any atom is 0.214 e. The number of aromatic nitrogens is 4. The lowest BCUT2D eigenvalue weighted by atomic mass is 10.0. The van der Waals surface area contributed by atoms with Gasteiger partial charge in [-0.3, -0.25) is 9.69 Å². The molecule has 1 N–H and O–H groups in total. The number of H-pyrrole nitrogens is 1. The minimum atomic E-state index is -0.468. The van der Waals surface area contributed by atoms with E-state index in [4.69, 9.17) is 10.00 Å². The van der Waals surface area contributed by atoms with Crippen LogP contribution in [0.4, 0.5) is 4.39 Å². The van der Waals surface area contributed by atoms with E-state index < -0.39 is 5.82 Å². The molecule has 0 bridgehead atoms. The Morgan fingerprint density at radius 1 is 1.26 bits per heavy atom. The number of hydrogen-bond acceptors (Lipinski definition) is 6. The normalized spacial score (nSPS) is 14.0. The molecule has 5 rings (SSSR count). The molecular formula is C26H23FN6O2. The summed E-state index contributed by atoms with van der Waals surface area (Å²) < 4.78 is 21.8. The van der Waals surface area contributed by atoms with E-state index >= 15 is 0 Å². The Bertz CT molecular complexity index is 1480. The summed E-state index contributed by atoms with van der Waals surface area (Å²) in [7, 11) is 1.94. The number of halogens is 1.